The lowest BCUT2D eigenvalue weighted by Gasteiger charge is -2.08. The predicted molar refractivity (Wildman–Crippen MR) is 104 cm³/mol. The highest BCUT2D eigenvalue weighted by atomic mass is 32.2. The Morgan fingerprint density at radius 3 is 2.07 bits per heavy atom. The SMILES string of the molecule is COC(=O)c1sc(-c2ccc(F)cc2)c(-c2ccc(S(C)(=O)=O)cc2)c1C. The third-order valence-electron chi connectivity index (χ3n) is 4.20. The van der Waals surface area contributed by atoms with Crippen LogP contribution in [0.2, 0.25) is 0 Å². The summed E-state index contributed by atoms with van der Waals surface area (Å²) in [4.78, 5) is 13.6. The minimum atomic E-state index is -3.30. The fraction of sp³-hybridized carbons (Fsp3) is 0.150. The number of sulfone groups is 1. The topological polar surface area (TPSA) is 60.4 Å². The molecule has 27 heavy (non-hydrogen) atoms. The second kappa shape index (κ2) is 7.25. The van der Waals surface area contributed by atoms with Crippen LogP contribution in [0.15, 0.2) is 53.4 Å². The molecule has 0 unspecified atom stereocenters. The largest absolute Gasteiger partial charge is 0.465 e. The Morgan fingerprint density at radius 1 is 1.00 bits per heavy atom. The molecule has 0 aliphatic heterocycles. The van der Waals surface area contributed by atoms with Gasteiger partial charge in [-0.1, -0.05) is 24.3 Å². The van der Waals surface area contributed by atoms with Crippen molar-refractivity contribution in [3.63, 3.8) is 0 Å². The average molecular weight is 404 g/mol. The van der Waals surface area contributed by atoms with Crippen molar-refractivity contribution in [3.05, 3.63) is 64.8 Å². The number of rotatable bonds is 4. The number of ether oxygens (including phenoxy) is 1. The average Bonchev–Trinajstić information content (AvgIpc) is 2.98. The minimum Gasteiger partial charge on any atom is -0.465 e. The molecule has 3 aromatic rings. The van der Waals surface area contributed by atoms with Crippen LogP contribution in [0.5, 0.6) is 0 Å². The number of methoxy groups -OCH3 is 1. The second-order valence-electron chi connectivity index (χ2n) is 6.06. The molecule has 140 valence electrons. The predicted octanol–water partition coefficient (Wildman–Crippen LogP) is 4.72. The number of carbonyl (C=O) groups is 1. The Hall–Kier alpha value is -2.51. The van der Waals surface area contributed by atoms with Crippen LogP contribution in [-0.2, 0) is 14.6 Å². The summed E-state index contributed by atoms with van der Waals surface area (Å²) in [5, 5.41) is 0. The van der Waals surface area contributed by atoms with Gasteiger partial charge < -0.3 is 4.74 Å². The van der Waals surface area contributed by atoms with Gasteiger partial charge in [-0.3, -0.25) is 0 Å². The molecule has 0 radical (unpaired) electrons. The van der Waals surface area contributed by atoms with E-state index in [1.807, 2.05) is 6.92 Å². The van der Waals surface area contributed by atoms with Crippen LogP contribution >= 0.6 is 11.3 Å². The van der Waals surface area contributed by atoms with Gasteiger partial charge in [-0.05, 0) is 47.9 Å². The summed E-state index contributed by atoms with van der Waals surface area (Å²) in [5.41, 5.74) is 3.07. The number of thiophene rings is 1. The summed E-state index contributed by atoms with van der Waals surface area (Å²) >= 11 is 1.27. The van der Waals surface area contributed by atoms with E-state index < -0.39 is 15.8 Å². The molecule has 0 saturated carbocycles. The van der Waals surface area contributed by atoms with Gasteiger partial charge in [0.15, 0.2) is 9.84 Å². The number of carbonyl (C=O) groups excluding carboxylic acids is 1. The van der Waals surface area contributed by atoms with Crippen LogP contribution in [0.25, 0.3) is 21.6 Å². The zero-order valence-electron chi connectivity index (χ0n) is 14.9. The van der Waals surface area contributed by atoms with Crippen molar-refractivity contribution in [1.82, 2.24) is 0 Å². The maximum absolute atomic E-state index is 13.3. The van der Waals surface area contributed by atoms with Crippen molar-refractivity contribution in [2.24, 2.45) is 0 Å². The highest BCUT2D eigenvalue weighted by molar-refractivity contribution is 7.90. The summed E-state index contributed by atoms with van der Waals surface area (Å²) in [6.07, 6.45) is 1.15. The molecule has 0 bridgehead atoms. The van der Waals surface area contributed by atoms with Gasteiger partial charge in [0.05, 0.1) is 12.0 Å². The molecule has 0 N–H and O–H groups in total. The van der Waals surface area contributed by atoms with E-state index in [-0.39, 0.29) is 10.7 Å². The van der Waals surface area contributed by atoms with Gasteiger partial charge in [-0.25, -0.2) is 17.6 Å². The molecule has 0 atom stereocenters. The highest BCUT2D eigenvalue weighted by Gasteiger charge is 2.23. The lowest BCUT2D eigenvalue weighted by atomic mass is 9.98. The number of halogens is 1. The van der Waals surface area contributed by atoms with Crippen molar-refractivity contribution >= 4 is 27.1 Å². The number of hydrogen-bond acceptors (Lipinski definition) is 5. The first-order valence-corrected chi connectivity index (χ1v) is 10.7. The minimum absolute atomic E-state index is 0.218. The third kappa shape index (κ3) is 3.79. The zero-order chi connectivity index (χ0) is 19.8. The van der Waals surface area contributed by atoms with Gasteiger partial charge in [0.25, 0.3) is 0 Å². The summed E-state index contributed by atoms with van der Waals surface area (Å²) in [7, 11) is -1.99. The summed E-state index contributed by atoms with van der Waals surface area (Å²) in [6, 6.07) is 12.5. The van der Waals surface area contributed by atoms with E-state index in [9.17, 15) is 17.6 Å². The summed E-state index contributed by atoms with van der Waals surface area (Å²) in [5.74, 6) is -0.792. The van der Waals surface area contributed by atoms with Crippen molar-refractivity contribution in [2.45, 2.75) is 11.8 Å². The van der Waals surface area contributed by atoms with Gasteiger partial charge in [0.1, 0.15) is 10.7 Å². The van der Waals surface area contributed by atoms with E-state index in [4.69, 9.17) is 4.74 Å². The number of benzene rings is 2. The first kappa shape index (κ1) is 19.3. The molecule has 0 aliphatic carbocycles. The Balaban J connectivity index is 2.22. The molecule has 4 nitrogen and oxygen atoms in total. The molecule has 0 amide bonds. The molecule has 3 rings (SSSR count). The molecule has 1 aromatic heterocycles. The van der Waals surface area contributed by atoms with Gasteiger partial charge in [-0.15, -0.1) is 11.3 Å². The Labute approximate surface area is 161 Å². The molecule has 0 fully saturated rings. The lowest BCUT2D eigenvalue weighted by molar-refractivity contribution is 0.0605. The molecule has 2 aromatic carbocycles. The van der Waals surface area contributed by atoms with Gasteiger partial charge >= 0.3 is 5.97 Å². The smallest absolute Gasteiger partial charge is 0.348 e. The fourth-order valence-electron chi connectivity index (χ4n) is 2.82. The van der Waals surface area contributed by atoms with Crippen molar-refractivity contribution in [3.8, 4) is 21.6 Å². The number of hydrogen-bond donors (Lipinski definition) is 0. The van der Waals surface area contributed by atoms with Crippen molar-refractivity contribution in [2.75, 3.05) is 13.4 Å². The molecule has 7 heteroatoms. The van der Waals surface area contributed by atoms with Gasteiger partial charge in [-0.2, -0.15) is 0 Å². The van der Waals surface area contributed by atoms with E-state index in [1.165, 1.54) is 42.7 Å². The Morgan fingerprint density at radius 2 is 1.56 bits per heavy atom. The van der Waals surface area contributed by atoms with E-state index in [0.29, 0.717) is 4.88 Å². The van der Waals surface area contributed by atoms with Crippen LogP contribution < -0.4 is 0 Å². The normalized spacial score (nSPS) is 11.4. The van der Waals surface area contributed by atoms with Crippen LogP contribution in [0.3, 0.4) is 0 Å². The second-order valence-corrected chi connectivity index (χ2v) is 9.09. The number of esters is 1. The van der Waals surface area contributed by atoms with E-state index >= 15 is 0 Å². The monoisotopic (exact) mass is 404 g/mol. The highest BCUT2D eigenvalue weighted by Crippen LogP contribution is 2.43. The molecule has 0 saturated heterocycles. The lowest BCUT2D eigenvalue weighted by Crippen LogP contribution is -2.00. The van der Waals surface area contributed by atoms with Crippen LogP contribution in [0, 0.1) is 12.7 Å². The quantitative estimate of drug-likeness (QED) is 0.591. The maximum Gasteiger partial charge on any atom is 0.348 e. The van der Waals surface area contributed by atoms with Crippen LogP contribution in [0.4, 0.5) is 4.39 Å². The summed E-state index contributed by atoms with van der Waals surface area (Å²) < 4.78 is 41.6. The van der Waals surface area contributed by atoms with Gasteiger partial charge in [0, 0.05) is 16.7 Å². The van der Waals surface area contributed by atoms with Crippen molar-refractivity contribution < 1.29 is 22.3 Å². The molecular weight excluding hydrogens is 387 g/mol. The van der Waals surface area contributed by atoms with Gasteiger partial charge in [0.2, 0.25) is 0 Å². The Bertz CT molecular complexity index is 1100. The molecular formula is C20H17FO4S2. The van der Waals surface area contributed by atoms with E-state index in [1.54, 1.807) is 24.3 Å². The third-order valence-corrected chi connectivity index (χ3v) is 6.64. The zero-order valence-corrected chi connectivity index (χ0v) is 16.6. The van der Waals surface area contributed by atoms with E-state index in [0.717, 1.165) is 33.4 Å². The van der Waals surface area contributed by atoms with E-state index in [2.05, 4.69) is 0 Å². The molecule has 0 spiro atoms. The molecule has 0 aliphatic rings. The summed E-state index contributed by atoms with van der Waals surface area (Å²) in [6.45, 7) is 1.82. The van der Waals surface area contributed by atoms with Crippen LogP contribution in [-0.4, -0.2) is 27.8 Å². The first-order chi connectivity index (χ1) is 12.7. The Kier molecular flexibility index (Phi) is 5.17. The fourth-order valence-corrected chi connectivity index (χ4v) is 4.71. The van der Waals surface area contributed by atoms with Crippen molar-refractivity contribution in [1.29, 1.82) is 0 Å². The standard InChI is InChI=1S/C20H17FO4S2/c1-12-17(13-6-10-16(11-7-13)27(3,23)24)19(26-18(12)20(22)25-2)14-4-8-15(21)9-5-14/h4-11H,1-3H3. The maximum atomic E-state index is 13.3. The first-order valence-electron chi connectivity index (χ1n) is 8.00. The van der Waals surface area contributed by atoms with Crippen LogP contribution in [0.1, 0.15) is 15.2 Å². The molecule has 1 heterocycles.